The van der Waals surface area contributed by atoms with Crippen molar-refractivity contribution in [3.05, 3.63) is 0 Å². The molecular weight excluding hydrogens is 259 g/mol. The Labute approximate surface area is 108 Å². The van der Waals surface area contributed by atoms with Gasteiger partial charge in [0.2, 0.25) is 11.6 Å². The summed E-state index contributed by atoms with van der Waals surface area (Å²) in [4.78, 5) is 12.2. The SMILES string of the molecule is CCOP(=O)(OCC)C(C)C(=O)C(C)(OC)OC. The Kier molecular flexibility index (Phi) is 7.25. The van der Waals surface area contributed by atoms with E-state index < -0.39 is 24.8 Å². The molecule has 0 radical (unpaired) electrons. The standard InChI is InChI=1S/C11H23O6P/c1-7-16-18(13,17-8-2)9(3)10(12)11(4,14-5)15-6/h9H,7-8H2,1-6H3. The fraction of sp³-hybridized carbons (Fsp3) is 0.909. The lowest BCUT2D eigenvalue weighted by atomic mass is 10.1. The van der Waals surface area contributed by atoms with Crippen molar-refractivity contribution in [3.8, 4) is 0 Å². The first kappa shape index (κ1) is 17.7. The van der Waals surface area contributed by atoms with Crippen LogP contribution in [0.1, 0.15) is 27.7 Å². The van der Waals surface area contributed by atoms with Gasteiger partial charge in [0.15, 0.2) is 0 Å². The van der Waals surface area contributed by atoms with Gasteiger partial charge in [0, 0.05) is 14.2 Å². The number of ketones is 1. The van der Waals surface area contributed by atoms with E-state index in [-0.39, 0.29) is 13.2 Å². The predicted molar refractivity (Wildman–Crippen MR) is 67.8 cm³/mol. The molecule has 0 aromatic carbocycles. The van der Waals surface area contributed by atoms with Gasteiger partial charge >= 0.3 is 7.60 Å². The van der Waals surface area contributed by atoms with Crippen LogP contribution in [0.3, 0.4) is 0 Å². The molecule has 108 valence electrons. The van der Waals surface area contributed by atoms with Gasteiger partial charge in [0.1, 0.15) is 5.66 Å². The maximum atomic E-state index is 12.5. The number of carbonyl (C=O) groups is 1. The van der Waals surface area contributed by atoms with Crippen LogP contribution in [0.25, 0.3) is 0 Å². The van der Waals surface area contributed by atoms with Crippen molar-refractivity contribution < 1.29 is 27.9 Å². The Hall–Kier alpha value is -0.260. The van der Waals surface area contributed by atoms with Gasteiger partial charge in [-0.3, -0.25) is 9.36 Å². The highest BCUT2D eigenvalue weighted by atomic mass is 31.2. The smallest absolute Gasteiger partial charge is 0.341 e. The molecule has 0 aromatic heterocycles. The van der Waals surface area contributed by atoms with Gasteiger partial charge < -0.3 is 18.5 Å². The Morgan fingerprint density at radius 3 is 1.83 bits per heavy atom. The molecule has 7 heteroatoms. The van der Waals surface area contributed by atoms with Crippen LogP contribution in [0.4, 0.5) is 0 Å². The maximum absolute atomic E-state index is 12.5. The molecule has 0 bridgehead atoms. The van der Waals surface area contributed by atoms with Gasteiger partial charge in [0.05, 0.1) is 13.2 Å². The quantitative estimate of drug-likeness (QED) is 0.477. The van der Waals surface area contributed by atoms with Crippen LogP contribution in [-0.4, -0.2) is 44.7 Å². The molecule has 1 unspecified atom stereocenters. The van der Waals surface area contributed by atoms with Crippen LogP contribution in [-0.2, 0) is 27.9 Å². The van der Waals surface area contributed by atoms with Crippen LogP contribution in [0.2, 0.25) is 0 Å². The van der Waals surface area contributed by atoms with Gasteiger partial charge in [0.25, 0.3) is 0 Å². The van der Waals surface area contributed by atoms with Gasteiger partial charge in [-0.25, -0.2) is 0 Å². The third kappa shape index (κ3) is 3.87. The normalized spacial score (nSPS) is 14.6. The predicted octanol–water partition coefficient (Wildman–Crippen LogP) is 2.22. The minimum Gasteiger partial charge on any atom is -0.347 e. The van der Waals surface area contributed by atoms with Gasteiger partial charge in [-0.15, -0.1) is 0 Å². The first-order valence-corrected chi connectivity index (χ1v) is 7.45. The third-order valence-electron chi connectivity index (χ3n) is 2.70. The molecular formula is C11H23O6P. The molecule has 0 aliphatic heterocycles. The van der Waals surface area contributed by atoms with E-state index in [4.69, 9.17) is 18.5 Å². The summed E-state index contributed by atoms with van der Waals surface area (Å²) >= 11 is 0. The minimum absolute atomic E-state index is 0.200. The Morgan fingerprint density at radius 1 is 1.17 bits per heavy atom. The first-order chi connectivity index (χ1) is 8.31. The summed E-state index contributed by atoms with van der Waals surface area (Å²) in [5.41, 5.74) is -0.956. The van der Waals surface area contributed by atoms with E-state index in [1.807, 2.05) is 0 Å². The molecule has 0 saturated heterocycles. The Morgan fingerprint density at radius 2 is 1.56 bits per heavy atom. The molecule has 0 fully saturated rings. The molecule has 6 nitrogen and oxygen atoms in total. The number of Topliss-reactive ketones (excluding diaryl/α,β-unsaturated/α-hetero) is 1. The second-order valence-corrected chi connectivity index (χ2v) is 6.14. The molecule has 0 amide bonds. The monoisotopic (exact) mass is 282 g/mol. The summed E-state index contributed by atoms with van der Waals surface area (Å²) in [7, 11) is -0.804. The zero-order valence-corrected chi connectivity index (χ0v) is 12.8. The maximum Gasteiger partial charge on any atom is 0.341 e. The summed E-state index contributed by atoms with van der Waals surface area (Å²) in [5, 5.41) is 0. The van der Waals surface area contributed by atoms with Gasteiger partial charge in [-0.2, -0.15) is 0 Å². The van der Waals surface area contributed by atoms with Crippen LogP contribution >= 0.6 is 7.60 Å². The average Bonchev–Trinajstić information content (AvgIpc) is 2.36. The van der Waals surface area contributed by atoms with E-state index in [0.717, 1.165) is 0 Å². The fourth-order valence-electron chi connectivity index (χ4n) is 1.43. The Balaban J connectivity index is 5.15. The topological polar surface area (TPSA) is 71.1 Å². The number of carbonyl (C=O) groups excluding carboxylic acids is 1. The fourth-order valence-corrected chi connectivity index (χ4v) is 3.19. The van der Waals surface area contributed by atoms with Crippen molar-refractivity contribution in [2.75, 3.05) is 27.4 Å². The molecule has 0 heterocycles. The Bertz CT molecular complexity index is 303. The third-order valence-corrected chi connectivity index (χ3v) is 5.12. The minimum atomic E-state index is -3.50. The lowest BCUT2D eigenvalue weighted by Gasteiger charge is -2.30. The molecule has 18 heavy (non-hydrogen) atoms. The van der Waals surface area contributed by atoms with E-state index in [9.17, 15) is 9.36 Å². The van der Waals surface area contributed by atoms with Crippen LogP contribution in [0.5, 0.6) is 0 Å². The van der Waals surface area contributed by atoms with Crippen molar-refractivity contribution >= 4 is 13.4 Å². The number of ether oxygens (including phenoxy) is 2. The van der Waals surface area contributed by atoms with Crippen LogP contribution in [0.15, 0.2) is 0 Å². The van der Waals surface area contributed by atoms with Gasteiger partial charge in [-0.05, 0) is 27.7 Å². The summed E-state index contributed by atoms with van der Waals surface area (Å²) in [6.07, 6.45) is 0. The summed E-state index contributed by atoms with van der Waals surface area (Å²) in [6.45, 7) is 6.74. The molecule has 0 saturated carbocycles. The highest BCUT2D eigenvalue weighted by molar-refractivity contribution is 7.55. The molecule has 0 aliphatic carbocycles. The second-order valence-electron chi connectivity index (χ2n) is 3.77. The molecule has 1 atom stereocenters. The second kappa shape index (κ2) is 7.36. The number of methoxy groups -OCH3 is 2. The van der Waals surface area contributed by atoms with E-state index in [1.54, 1.807) is 13.8 Å². The number of hydrogen-bond acceptors (Lipinski definition) is 6. The zero-order valence-electron chi connectivity index (χ0n) is 11.9. The van der Waals surface area contributed by atoms with Gasteiger partial charge in [-0.1, -0.05) is 0 Å². The molecule has 0 aliphatic rings. The summed E-state index contributed by atoms with van der Waals surface area (Å²) in [6, 6.07) is 0. The highest BCUT2D eigenvalue weighted by Crippen LogP contribution is 2.54. The largest absolute Gasteiger partial charge is 0.347 e. The molecule has 0 N–H and O–H groups in total. The van der Waals surface area contributed by atoms with Crippen molar-refractivity contribution in [1.82, 2.24) is 0 Å². The molecule has 0 spiro atoms. The summed E-state index contributed by atoms with van der Waals surface area (Å²) in [5.74, 6) is -1.93. The van der Waals surface area contributed by atoms with Crippen molar-refractivity contribution in [2.45, 2.75) is 39.1 Å². The average molecular weight is 282 g/mol. The van der Waals surface area contributed by atoms with E-state index >= 15 is 0 Å². The van der Waals surface area contributed by atoms with Crippen molar-refractivity contribution in [3.63, 3.8) is 0 Å². The van der Waals surface area contributed by atoms with E-state index in [1.165, 1.54) is 28.1 Å². The zero-order chi connectivity index (χ0) is 14.4. The summed E-state index contributed by atoms with van der Waals surface area (Å²) < 4.78 is 32.8. The lowest BCUT2D eigenvalue weighted by Crippen LogP contribution is -2.45. The van der Waals surface area contributed by atoms with Crippen molar-refractivity contribution in [2.24, 2.45) is 0 Å². The van der Waals surface area contributed by atoms with E-state index in [2.05, 4.69) is 0 Å². The van der Waals surface area contributed by atoms with Crippen LogP contribution in [0, 0.1) is 0 Å². The molecule has 0 rings (SSSR count). The number of hydrogen-bond donors (Lipinski definition) is 0. The number of rotatable bonds is 9. The highest BCUT2D eigenvalue weighted by Gasteiger charge is 2.46. The van der Waals surface area contributed by atoms with Crippen molar-refractivity contribution in [1.29, 1.82) is 0 Å². The first-order valence-electron chi connectivity index (χ1n) is 5.84. The van der Waals surface area contributed by atoms with E-state index in [0.29, 0.717) is 0 Å². The van der Waals surface area contributed by atoms with Crippen LogP contribution < -0.4 is 0 Å². The lowest BCUT2D eigenvalue weighted by molar-refractivity contribution is -0.198. The molecule has 0 aromatic rings.